The van der Waals surface area contributed by atoms with Gasteiger partial charge in [0.15, 0.2) is 23.2 Å². The van der Waals surface area contributed by atoms with Gasteiger partial charge in [0.25, 0.3) is 0 Å². The second-order valence-corrected chi connectivity index (χ2v) is 12.5. The molecule has 0 heterocycles. The molecule has 44 heavy (non-hydrogen) atoms. The van der Waals surface area contributed by atoms with E-state index >= 15 is 8.78 Å². The van der Waals surface area contributed by atoms with Gasteiger partial charge in [-0.05, 0) is 105 Å². The van der Waals surface area contributed by atoms with Crippen LogP contribution in [0.25, 0.3) is 27.8 Å². The van der Waals surface area contributed by atoms with E-state index in [1.807, 2.05) is 6.92 Å². The van der Waals surface area contributed by atoms with Gasteiger partial charge in [-0.1, -0.05) is 80.8 Å². The number of unbranched alkanes of at least 4 members (excludes halogenated alkanes) is 1. The van der Waals surface area contributed by atoms with Crippen LogP contribution in [0.1, 0.15) is 90.0 Å². The number of allylic oxidation sites excluding steroid dienone is 4. The molecule has 0 aromatic heterocycles. The molecular formula is C39H44F4O. The number of ether oxygens (including phenoxy) is 1. The van der Waals surface area contributed by atoms with Crippen molar-refractivity contribution in [3.8, 4) is 28.0 Å². The SMILES string of the molecule is CC=CCCC1CCC(C2CC=C(c3ccc(-c4ccc(-c5ccc(OCCCC)c(F)c5F)cc4)c(F)c3F)CC2)CC1. The Morgan fingerprint density at radius 2 is 1.34 bits per heavy atom. The first-order chi connectivity index (χ1) is 21.4. The van der Waals surface area contributed by atoms with Crippen LogP contribution in [0.2, 0.25) is 0 Å². The van der Waals surface area contributed by atoms with Gasteiger partial charge >= 0.3 is 0 Å². The van der Waals surface area contributed by atoms with E-state index in [1.165, 1.54) is 50.7 Å². The van der Waals surface area contributed by atoms with E-state index in [9.17, 15) is 8.78 Å². The zero-order chi connectivity index (χ0) is 31.1. The normalized spacial score (nSPS) is 20.6. The lowest BCUT2D eigenvalue weighted by molar-refractivity contribution is 0.190. The van der Waals surface area contributed by atoms with Gasteiger partial charge in [-0.2, -0.15) is 4.39 Å². The van der Waals surface area contributed by atoms with Crippen LogP contribution in [0.3, 0.4) is 0 Å². The molecule has 5 heteroatoms. The molecule has 3 aromatic rings. The highest BCUT2D eigenvalue weighted by Gasteiger charge is 2.29. The molecule has 0 spiro atoms. The summed E-state index contributed by atoms with van der Waals surface area (Å²) in [5.74, 6) is -1.65. The van der Waals surface area contributed by atoms with Crippen LogP contribution < -0.4 is 4.74 Å². The monoisotopic (exact) mass is 604 g/mol. The second-order valence-electron chi connectivity index (χ2n) is 12.5. The Morgan fingerprint density at radius 3 is 1.95 bits per heavy atom. The topological polar surface area (TPSA) is 9.23 Å². The van der Waals surface area contributed by atoms with Crippen LogP contribution in [-0.2, 0) is 0 Å². The van der Waals surface area contributed by atoms with Crippen LogP contribution >= 0.6 is 0 Å². The maximum Gasteiger partial charge on any atom is 0.201 e. The summed E-state index contributed by atoms with van der Waals surface area (Å²) in [4.78, 5) is 0. The highest BCUT2D eigenvalue weighted by molar-refractivity contribution is 5.74. The van der Waals surface area contributed by atoms with Gasteiger partial charge in [0.1, 0.15) is 0 Å². The molecule has 3 aromatic carbocycles. The molecule has 0 N–H and O–H groups in total. The van der Waals surface area contributed by atoms with Gasteiger partial charge in [-0.3, -0.25) is 0 Å². The van der Waals surface area contributed by atoms with Crippen LogP contribution in [0.15, 0.2) is 66.8 Å². The molecular weight excluding hydrogens is 560 g/mol. The summed E-state index contributed by atoms with van der Waals surface area (Å²) < 4.78 is 65.6. The predicted octanol–water partition coefficient (Wildman–Crippen LogP) is 12.1. The largest absolute Gasteiger partial charge is 0.490 e. The van der Waals surface area contributed by atoms with Crippen molar-refractivity contribution in [1.29, 1.82) is 0 Å². The van der Waals surface area contributed by atoms with Gasteiger partial charge in [0.05, 0.1) is 6.61 Å². The zero-order valence-electron chi connectivity index (χ0n) is 26.0. The van der Waals surface area contributed by atoms with E-state index in [4.69, 9.17) is 4.74 Å². The molecule has 1 nitrogen and oxygen atoms in total. The minimum absolute atomic E-state index is 0.0823. The standard InChI is InChI=1S/C39H44F4O/c1-3-5-7-8-26-9-11-27(12-10-26)28-13-15-29(16-14-28)32-21-22-33(37(41)36(32)40)30-17-19-31(20-18-30)34-23-24-35(39(43)38(34)42)44-25-6-4-2/h3,5,15,17-24,26-28H,4,6-14,16,25H2,1-2H3. The fraction of sp³-hybridized carbons (Fsp3) is 0.436. The summed E-state index contributed by atoms with van der Waals surface area (Å²) in [6.07, 6.45) is 18.5. The number of benzene rings is 3. The summed E-state index contributed by atoms with van der Waals surface area (Å²) in [6, 6.07) is 12.6. The Labute approximate surface area is 260 Å². The fourth-order valence-electron chi connectivity index (χ4n) is 7.02. The van der Waals surface area contributed by atoms with Crippen LogP contribution in [0.4, 0.5) is 17.6 Å². The number of hydrogen-bond donors (Lipinski definition) is 0. The first-order valence-corrected chi connectivity index (χ1v) is 16.4. The van der Waals surface area contributed by atoms with Gasteiger partial charge < -0.3 is 4.74 Å². The molecule has 1 unspecified atom stereocenters. The molecule has 0 saturated heterocycles. The summed E-state index contributed by atoms with van der Waals surface area (Å²) in [5.41, 5.74) is 2.36. The third kappa shape index (κ3) is 7.30. The van der Waals surface area contributed by atoms with Crippen molar-refractivity contribution in [2.24, 2.45) is 17.8 Å². The first kappa shape index (κ1) is 32.1. The maximum atomic E-state index is 15.4. The molecule has 1 fully saturated rings. The highest BCUT2D eigenvalue weighted by Crippen LogP contribution is 2.43. The Morgan fingerprint density at radius 1 is 0.727 bits per heavy atom. The Bertz CT molecular complexity index is 1460. The van der Waals surface area contributed by atoms with Crippen molar-refractivity contribution in [3.63, 3.8) is 0 Å². The van der Waals surface area contributed by atoms with Crippen molar-refractivity contribution in [2.45, 2.75) is 84.5 Å². The van der Waals surface area contributed by atoms with Crippen LogP contribution in [0, 0.1) is 41.0 Å². The quantitative estimate of drug-likeness (QED) is 0.120. The summed E-state index contributed by atoms with van der Waals surface area (Å²) >= 11 is 0. The molecule has 0 radical (unpaired) electrons. The smallest absolute Gasteiger partial charge is 0.201 e. The minimum Gasteiger partial charge on any atom is -0.490 e. The Hall–Kier alpha value is -3.34. The lowest BCUT2D eigenvalue weighted by atomic mass is 9.70. The Kier molecular flexibility index (Phi) is 11.0. The Balaban J connectivity index is 1.24. The van der Waals surface area contributed by atoms with Crippen molar-refractivity contribution in [3.05, 3.63) is 95.6 Å². The van der Waals surface area contributed by atoms with Gasteiger partial charge in [0, 0.05) is 16.7 Å². The van der Waals surface area contributed by atoms with E-state index in [1.54, 1.807) is 36.4 Å². The van der Waals surface area contributed by atoms with Gasteiger partial charge in [0.2, 0.25) is 5.82 Å². The summed E-state index contributed by atoms with van der Waals surface area (Å²) in [6.45, 7) is 4.39. The van der Waals surface area contributed by atoms with E-state index in [-0.39, 0.29) is 16.9 Å². The molecule has 5 rings (SSSR count). The van der Waals surface area contributed by atoms with Gasteiger partial charge in [-0.25, -0.2) is 13.2 Å². The third-order valence-electron chi connectivity index (χ3n) is 9.72. The molecule has 0 bridgehead atoms. The molecule has 2 aliphatic rings. The van der Waals surface area contributed by atoms with Crippen LogP contribution in [-0.4, -0.2) is 6.61 Å². The highest BCUT2D eigenvalue weighted by atomic mass is 19.2. The molecule has 0 amide bonds. The zero-order valence-corrected chi connectivity index (χ0v) is 26.0. The molecule has 234 valence electrons. The number of rotatable bonds is 11. The summed E-state index contributed by atoms with van der Waals surface area (Å²) in [7, 11) is 0. The average Bonchev–Trinajstić information content (AvgIpc) is 3.05. The van der Waals surface area contributed by atoms with Crippen molar-refractivity contribution >= 4 is 5.57 Å². The van der Waals surface area contributed by atoms with E-state index in [0.717, 1.165) is 49.5 Å². The maximum absolute atomic E-state index is 15.4. The van der Waals surface area contributed by atoms with Crippen molar-refractivity contribution < 1.29 is 22.3 Å². The predicted molar refractivity (Wildman–Crippen MR) is 172 cm³/mol. The number of halogens is 4. The van der Waals surface area contributed by atoms with E-state index < -0.39 is 23.3 Å². The van der Waals surface area contributed by atoms with Crippen LogP contribution in [0.5, 0.6) is 5.75 Å². The van der Waals surface area contributed by atoms with Gasteiger partial charge in [-0.15, -0.1) is 0 Å². The first-order valence-electron chi connectivity index (χ1n) is 16.4. The molecule has 2 aliphatic carbocycles. The average molecular weight is 605 g/mol. The minimum atomic E-state index is -1.03. The van der Waals surface area contributed by atoms with Crippen molar-refractivity contribution in [1.82, 2.24) is 0 Å². The third-order valence-corrected chi connectivity index (χ3v) is 9.72. The fourth-order valence-corrected chi connectivity index (χ4v) is 7.02. The molecule has 1 saturated carbocycles. The van der Waals surface area contributed by atoms with E-state index in [0.29, 0.717) is 29.2 Å². The molecule has 0 aliphatic heterocycles. The second kappa shape index (κ2) is 15.1. The van der Waals surface area contributed by atoms with Crippen molar-refractivity contribution in [2.75, 3.05) is 6.61 Å². The van der Waals surface area contributed by atoms with E-state index in [2.05, 4.69) is 25.2 Å². The lowest BCUT2D eigenvalue weighted by Gasteiger charge is -2.35. The lowest BCUT2D eigenvalue weighted by Crippen LogP contribution is -2.23. The number of hydrogen-bond acceptors (Lipinski definition) is 1. The molecule has 1 atom stereocenters. The summed E-state index contributed by atoms with van der Waals surface area (Å²) in [5, 5.41) is 0.